The molecule has 0 aliphatic heterocycles. The third kappa shape index (κ3) is 3.55. The number of thiazole rings is 1. The van der Waals surface area contributed by atoms with Crippen molar-refractivity contribution < 1.29 is 13.2 Å². The lowest BCUT2D eigenvalue weighted by Gasteiger charge is -2.04. The molecule has 2 aliphatic carbocycles. The minimum Gasteiger partial charge on any atom is -0.302 e. The summed E-state index contributed by atoms with van der Waals surface area (Å²) >= 11 is 1.29. The number of hydrogen-bond acceptors (Lipinski definition) is 5. The summed E-state index contributed by atoms with van der Waals surface area (Å²) in [5.41, 5.74) is 1.49. The molecular formula is C19H22N2O3S2. The molecule has 0 bridgehead atoms. The van der Waals surface area contributed by atoms with Gasteiger partial charge >= 0.3 is 0 Å². The van der Waals surface area contributed by atoms with E-state index in [1.54, 1.807) is 29.6 Å². The molecule has 2 atom stereocenters. The number of nitrogens with one attached hydrogen (secondary N) is 1. The van der Waals surface area contributed by atoms with Gasteiger partial charge in [0.05, 0.1) is 16.3 Å². The van der Waals surface area contributed by atoms with Gasteiger partial charge in [-0.2, -0.15) is 0 Å². The molecule has 1 aromatic heterocycles. The lowest BCUT2D eigenvalue weighted by atomic mass is 10.0. The molecule has 0 unspecified atom stereocenters. The second kappa shape index (κ2) is 6.78. The molecule has 0 spiro atoms. The average Bonchev–Trinajstić information content (AvgIpc) is 3.20. The zero-order chi connectivity index (χ0) is 18.3. The van der Waals surface area contributed by atoms with Gasteiger partial charge in [-0.05, 0) is 43.7 Å². The molecule has 2 fully saturated rings. The van der Waals surface area contributed by atoms with E-state index in [2.05, 4.69) is 10.3 Å². The van der Waals surface area contributed by atoms with E-state index >= 15 is 0 Å². The summed E-state index contributed by atoms with van der Waals surface area (Å²) in [6.45, 7) is 1.92. The zero-order valence-corrected chi connectivity index (χ0v) is 16.3. The number of aryl methyl sites for hydroxylation is 1. The molecule has 7 heteroatoms. The molecule has 2 saturated carbocycles. The summed E-state index contributed by atoms with van der Waals surface area (Å²) < 4.78 is 25.0. The van der Waals surface area contributed by atoms with Crippen molar-refractivity contribution in [3.63, 3.8) is 0 Å². The Morgan fingerprint density at radius 2 is 1.85 bits per heavy atom. The molecule has 0 radical (unpaired) electrons. The fraction of sp³-hybridized carbons (Fsp3) is 0.474. The van der Waals surface area contributed by atoms with E-state index in [9.17, 15) is 13.2 Å². The molecule has 1 amide bonds. The van der Waals surface area contributed by atoms with E-state index < -0.39 is 9.84 Å². The number of sulfone groups is 1. The van der Waals surface area contributed by atoms with Crippen LogP contribution >= 0.6 is 11.3 Å². The summed E-state index contributed by atoms with van der Waals surface area (Å²) in [5.74, 6) is 1.11. The van der Waals surface area contributed by atoms with E-state index in [0.717, 1.165) is 18.4 Å². The van der Waals surface area contributed by atoms with Crippen molar-refractivity contribution in [1.82, 2.24) is 4.98 Å². The van der Waals surface area contributed by atoms with Crippen molar-refractivity contribution >= 4 is 32.2 Å². The van der Waals surface area contributed by atoms with Crippen molar-refractivity contribution in [1.29, 1.82) is 0 Å². The van der Waals surface area contributed by atoms with Crippen molar-refractivity contribution in [2.45, 2.75) is 43.3 Å². The first kappa shape index (κ1) is 17.7. The maximum atomic E-state index is 12.5. The van der Waals surface area contributed by atoms with E-state index in [0.29, 0.717) is 27.6 Å². The highest BCUT2D eigenvalue weighted by molar-refractivity contribution is 7.90. The van der Waals surface area contributed by atoms with Gasteiger partial charge in [0, 0.05) is 11.3 Å². The van der Waals surface area contributed by atoms with Crippen LogP contribution < -0.4 is 5.32 Å². The summed E-state index contributed by atoms with van der Waals surface area (Å²) in [6.07, 6.45) is 4.76. The maximum Gasteiger partial charge on any atom is 0.229 e. The second-order valence-electron chi connectivity index (χ2n) is 7.34. The number of carbonyl (C=O) groups is 1. The standard InChI is InChI=1S/C19H22N2O3S2/c1-12-6-8-14(9-7-12)26(23,24)11-13-10-25-19(20-13)21-18(22)17-15-4-2-3-5-16(15)17/h6-10,15-17H,2-5,11H2,1H3,(H,20,21,22)/t15-,16-/m0/s1. The predicted octanol–water partition coefficient (Wildman–Crippen LogP) is 3.80. The van der Waals surface area contributed by atoms with Gasteiger partial charge in [-0.3, -0.25) is 4.79 Å². The largest absolute Gasteiger partial charge is 0.302 e. The topological polar surface area (TPSA) is 76.1 Å². The lowest BCUT2D eigenvalue weighted by molar-refractivity contribution is -0.117. The van der Waals surface area contributed by atoms with E-state index in [4.69, 9.17) is 0 Å². The van der Waals surface area contributed by atoms with Crippen molar-refractivity contribution in [3.8, 4) is 0 Å². The van der Waals surface area contributed by atoms with Gasteiger partial charge in [0.15, 0.2) is 15.0 Å². The van der Waals surface area contributed by atoms with Gasteiger partial charge in [-0.1, -0.05) is 30.5 Å². The van der Waals surface area contributed by atoms with Gasteiger partial charge in [0.2, 0.25) is 5.91 Å². The van der Waals surface area contributed by atoms with Gasteiger partial charge in [-0.15, -0.1) is 11.3 Å². The van der Waals surface area contributed by atoms with Gasteiger partial charge in [-0.25, -0.2) is 13.4 Å². The molecule has 0 saturated heterocycles. The highest BCUT2D eigenvalue weighted by Gasteiger charge is 2.54. The number of anilines is 1. The summed E-state index contributed by atoms with van der Waals surface area (Å²) in [7, 11) is -3.43. The van der Waals surface area contributed by atoms with Crippen molar-refractivity contribution in [2.75, 3.05) is 5.32 Å². The number of hydrogen-bond donors (Lipinski definition) is 1. The van der Waals surface area contributed by atoms with Crippen LogP contribution in [0.3, 0.4) is 0 Å². The summed E-state index contributed by atoms with van der Waals surface area (Å²) in [6, 6.07) is 6.81. The number of aromatic nitrogens is 1. The average molecular weight is 391 g/mol. The lowest BCUT2D eigenvalue weighted by Crippen LogP contribution is -2.15. The Hall–Kier alpha value is -1.73. The maximum absolute atomic E-state index is 12.5. The van der Waals surface area contributed by atoms with Gasteiger partial charge in [0.25, 0.3) is 0 Å². The van der Waals surface area contributed by atoms with Crippen LogP contribution in [0.4, 0.5) is 5.13 Å². The smallest absolute Gasteiger partial charge is 0.229 e. The number of nitrogens with zero attached hydrogens (tertiary/aromatic N) is 1. The first-order valence-electron chi connectivity index (χ1n) is 8.99. The molecule has 1 heterocycles. The fourth-order valence-electron chi connectivity index (χ4n) is 4.02. The van der Waals surface area contributed by atoms with Crippen LogP contribution in [0.25, 0.3) is 0 Å². The first-order valence-corrected chi connectivity index (χ1v) is 11.5. The molecule has 2 aliphatic rings. The number of benzene rings is 1. The van der Waals surface area contributed by atoms with Gasteiger partial charge < -0.3 is 5.32 Å². The highest BCUT2D eigenvalue weighted by atomic mass is 32.2. The third-order valence-electron chi connectivity index (χ3n) is 5.46. The van der Waals surface area contributed by atoms with E-state index in [1.165, 1.54) is 24.2 Å². The third-order valence-corrected chi connectivity index (χ3v) is 7.93. The number of amides is 1. The molecular weight excluding hydrogens is 368 g/mol. The van der Waals surface area contributed by atoms with Crippen LogP contribution in [0.1, 0.15) is 36.9 Å². The van der Waals surface area contributed by atoms with Crippen LogP contribution in [-0.2, 0) is 20.4 Å². The zero-order valence-electron chi connectivity index (χ0n) is 14.6. The molecule has 26 heavy (non-hydrogen) atoms. The Balaban J connectivity index is 1.40. The molecule has 5 nitrogen and oxygen atoms in total. The Kier molecular flexibility index (Phi) is 4.61. The Morgan fingerprint density at radius 1 is 1.19 bits per heavy atom. The van der Waals surface area contributed by atoms with E-state index in [-0.39, 0.29) is 17.6 Å². The molecule has 2 aromatic rings. The Morgan fingerprint density at radius 3 is 2.50 bits per heavy atom. The monoisotopic (exact) mass is 390 g/mol. The van der Waals surface area contributed by atoms with E-state index in [1.807, 2.05) is 6.92 Å². The quantitative estimate of drug-likeness (QED) is 0.842. The minimum atomic E-state index is -3.43. The van der Waals surface area contributed by atoms with Crippen LogP contribution in [0.2, 0.25) is 0 Å². The fourth-order valence-corrected chi connectivity index (χ4v) is 6.10. The SMILES string of the molecule is Cc1ccc(S(=O)(=O)Cc2csc(NC(=O)C3[C@H]4CCCC[C@H]34)n2)cc1. The molecule has 1 aromatic carbocycles. The van der Waals surface area contributed by atoms with Crippen LogP contribution in [-0.4, -0.2) is 19.3 Å². The molecule has 4 rings (SSSR count). The summed E-state index contributed by atoms with van der Waals surface area (Å²) in [5, 5.41) is 5.09. The van der Waals surface area contributed by atoms with Crippen molar-refractivity contribution in [3.05, 3.63) is 40.9 Å². The van der Waals surface area contributed by atoms with Gasteiger partial charge in [0.1, 0.15) is 0 Å². The minimum absolute atomic E-state index is 0.0455. The second-order valence-corrected chi connectivity index (χ2v) is 10.2. The Labute approximate surface area is 157 Å². The van der Waals surface area contributed by atoms with Crippen LogP contribution in [0.5, 0.6) is 0 Å². The summed E-state index contributed by atoms with van der Waals surface area (Å²) in [4.78, 5) is 17.0. The number of rotatable bonds is 5. The number of fused-ring (bicyclic) bond motifs is 1. The number of carbonyl (C=O) groups excluding carboxylic acids is 1. The first-order chi connectivity index (χ1) is 12.4. The highest BCUT2D eigenvalue weighted by Crippen LogP contribution is 2.55. The normalized spacial score (nSPS) is 24.7. The molecule has 1 N–H and O–H groups in total. The van der Waals surface area contributed by atoms with Crippen molar-refractivity contribution in [2.24, 2.45) is 17.8 Å². The molecule has 138 valence electrons. The van der Waals surface area contributed by atoms with Crippen LogP contribution in [0, 0.1) is 24.7 Å². The Bertz CT molecular complexity index is 907. The predicted molar refractivity (Wildman–Crippen MR) is 102 cm³/mol. The van der Waals surface area contributed by atoms with Crippen LogP contribution in [0.15, 0.2) is 34.5 Å².